The number of hydrogen-bond donors (Lipinski definition) is 0. The van der Waals surface area contributed by atoms with Gasteiger partial charge in [-0.15, -0.1) is 0 Å². The van der Waals surface area contributed by atoms with Gasteiger partial charge in [-0.25, -0.2) is 4.98 Å². The Kier molecular flexibility index (Phi) is 5.64. The standard InChI is InChI=1S/C17H20F3N3O/c1-4-5-9-24-15-14(17(18,19)20)11-21-16(22-15)23(3)13-8-6-7-12(2)10-13/h6-8,10-11H,4-5,9H2,1-3H3. The van der Waals surface area contributed by atoms with Crippen LogP contribution in [0, 0.1) is 6.92 Å². The molecule has 0 fully saturated rings. The van der Waals surface area contributed by atoms with E-state index in [1.54, 1.807) is 11.9 Å². The summed E-state index contributed by atoms with van der Waals surface area (Å²) in [5.41, 5.74) is 0.861. The van der Waals surface area contributed by atoms with Crippen LogP contribution in [-0.2, 0) is 6.18 Å². The van der Waals surface area contributed by atoms with Crippen molar-refractivity contribution in [3.05, 3.63) is 41.6 Å². The molecule has 0 aliphatic heterocycles. The van der Waals surface area contributed by atoms with Gasteiger partial charge in [0.05, 0.1) is 6.61 Å². The first-order valence-electron chi connectivity index (χ1n) is 7.70. The fourth-order valence-electron chi connectivity index (χ4n) is 2.09. The Morgan fingerprint density at radius 1 is 1.25 bits per heavy atom. The summed E-state index contributed by atoms with van der Waals surface area (Å²) in [5.74, 6) is -0.277. The molecule has 24 heavy (non-hydrogen) atoms. The van der Waals surface area contributed by atoms with E-state index < -0.39 is 17.6 Å². The Hall–Kier alpha value is -2.31. The Morgan fingerprint density at radius 3 is 2.62 bits per heavy atom. The number of nitrogens with zero attached hydrogens (tertiary/aromatic N) is 3. The van der Waals surface area contributed by atoms with Crippen LogP contribution in [0.25, 0.3) is 0 Å². The molecule has 1 heterocycles. The molecular formula is C17H20F3N3O. The number of rotatable bonds is 6. The van der Waals surface area contributed by atoms with Crippen molar-refractivity contribution in [1.82, 2.24) is 9.97 Å². The van der Waals surface area contributed by atoms with E-state index in [1.807, 2.05) is 38.1 Å². The Morgan fingerprint density at radius 2 is 2.00 bits per heavy atom. The highest BCUT2D eigenvalue weighted by atomic mass is 19.4. The Bertz CT molecular complexity index is 689. The highest BCUT2D eigenvalue weighted by molar-refractivity contribution is 5.57. The predicted octanol–water partition coefficient (Wildman–Crippen LogP) is 4.75. The third kappa shape index (κ3) is 4.37. The summed E-state index contributed by atoms with van der Waals surface area (Å²) >= 11 is 0. The molecule has 0 amide bonds. The van der Waals surface area contributed by atoms with Gasteiger partial charge in [0.1, 0.15) is 5.56 Å². The van der Waals surface area contributed by atoms with Crippen molar-refractivity contribution in [1.29, 1.82) is 0 Å². The van der Waals surface area contributed by atoms with E-state index in [-0.39, 0.29) is 12.6 Å². The molecule has 130 valence electrons. The van der Waals surface area contributed by atoms with Crippen molar-refractivity contribution in [2.45, 2.75) is 32.9 Å². The zero-order valence-electron chi connectivity index (χ0n) is 13.9. The van der Waals surface area contributed by atoms with Crippen molar-refractivity contribution < 1.29 is 17.9 Å². The molecule has 7 heteroatoms. The highest BCUT2D eigenvalue weighted by Gasteiger charge is 2.36. The van der Waals surface area contributed by atoms with Gasteiger partial charge in [0.25, 0.3) is 0 Å². The summed E-state index contributed by atoms with van der Waals surface area (Å²) in [6.07, 6.45) is -2.30. The molecule has 0 spiro atoms. The van der Waals surface area contributed by atoms with Gasteiger partial charge >= 0.3 is 6.18 Å². The molecule has 0 unspecified atom stereocenters. The van der Waals surface area contributed by atoms with E-state index in [1.165, 1.54) is 0 Å². The average molecular weight is 339 g/mol. The molecule has 2 rings (SSSR count). The molecule has 0 N–H and O–H groups in total. The van der Waals surface area contributed by atoms with Gasteiger partial charge in [-0.3, -0.25) is 0 Å². The topological polar surface area (TPSA) is 38.2 Å². The van der Waals surface area contributed by atoms with Crippen molar-refractivity contribution in [2.75, 3.05) is 18.6 Å². The first-order chi connectivity index (χ1) is 11.3. The first-order valence-corrected chi connectivity index (χ1v) is 7.70. The first kappa shape index (κ1) is 18.0. The zero-order valence-corrected chi connectivity index (χ0v) is 13.9. The second-order valence-corrected chi connectivity index (χ2v) is 5.49. The Labute approximate surface area is 139 Å². The number of anilines is 2. The largest absolute Gasteiger partial charge is 0.477 e. The maximum atomic E-state index is 13.1. The molecule has 4 nitrogen and oxygen atoms in total. The lowest BCUT2D eigenvalue weighted by atomic mass is 10.2. The van der Waals surface area contributed by atoms with Crippen LogP contribution >= 0.6 is 0 Å². The minimum absolute atomic E-state index is 0.153. The number of unbranched alkanes of at least 4 members (excludes halogenated alkanes) is 1. The second-order valence-electron chi connectivity index (χ2n) is 5.49. The van der Waals surface area contributed by atoms with Crippen LogP contribution in [0.3, 0.4) is 0 Å². The second kappa shape index (κ2) is 7.51. The SMILES string of the molecule is CCCCOc1nc(N(C)c2cccc(C)c2)ncc1C(F)(F)F. The van der Waals surface area contributed by atoms with E-state index in [9.17, 15) is 13.2 Å². The van der Waals surface area contributed by atoms with Gasteiger partial charge in [0.15, 0.2) is 0 Å². The van der Waals surface area contributed by atoms with Gasteiger partial charge in [0, 0.05) is 18.9 Å². The maximum Gasteiger partial charge on any atom is 0.423 e. The molecule has 0 radical (unpaired) electrons. The van der Waals surface area contributed by atoms with Crippen LogP contribution in [0.15, 0.2) is 30.5 Å². The highest BCUT2D eigenvalue weighted by Crippen LogP contribution is 2.36. The molecule has 0 aliphatic rings. The minimum Gasteiger partial charge on any atom is -0.477 e. The monoisotopic (exact) mass is 339 g/mol. The van der Waals surface area contributed by atoms with Crippen LogP contribution in [0.5, 0.6) is 5.88 Å². The van der Waals surface area contributed by atoms with Crippen molar-refractivity contribution in [3.63, 3.8) is 0 Å². The van der Waals surface area contributed by atoms with Gasteiger partial charge in [-0.2, -0.15) is 18.2 Å². The molecule has 0 bridgehead atoms. The number of alkyl halides is 3. The van der Waals surface area contributed by atoms with Gasteiger partial charge < -0.3 is 9.64 Å². The molecule has 0 aliphatic carbocycles. The summed E-state index contributed by atoms with van der Waals surface area (Å²) in [7, 11) is 1.70. The average Bonchev–Trinajstić information content (AvgIpc) is 2.53. The molecule has 1 aromatic heterocycles. The number of hydrogen-bond acceptors (Lipinski definition) is 4. The number of aromatic nitrogens is 2. The van der Waals surface area contributed by atoms with Crippen molar-refractivity contribution >= 4 is 11.6 Å². The van der Waals surface area contributed by atoms with E-state index >= 15 is 0 Å². The summed E-state index contributed by atoms with van der Waals surface area (Å²) in [6.45, 7) is 4.05. The van der Waals surface area contributed by atoms with Crippen LogP contribution in [0.1, 0.15) is 30.9 Å². The van der Waals surface area contributed by atoms with Crippen LogP contribution in [0.4, 0.5) is 24.8 Å². The lowest BCUT2D eigenvalue weighted by Crippen LogP contribution is -2.17. The maximum absolute atomic E-state index is 13.1. The fourth-order valence-corrected chi connectivity index (χ4v) is 2.09. The number of aryl methyl sites for hydroxylation is 1. The minimum atomic E-state index is -4.55. The molecule has 2 aromatic rings. The zero-order chi connectivity index (χ0) is 17.7. The number of benzene rings is 1. The van der Waals surface area contributed by atoms with Gasteiger partial charge in [-0.05, 0) is 31.0 Å². The number of ether oxygens (including phenoxy) is 1. The van der Waals surface area contributed by atoms with Crippen LogP contribution in [0.2, 0.25) is 0 Å². The summed E-state index contributed by atoms with van der Waals surface area (Å²) in [5, 5.41) is 0. The number of halogens is 3. The van der Waals surface area contributed by atoms with Crippen molar-refractivity contribution in [3.8, 4) is 5.88 Å². The summed E-state index contributed by atoms with van der Waals surface area (Å²) in [6, 6.07) is 7.54. The van der Waals surface area contributed by atoms with Crippen LogP contribution < -0.4 is 9.64 Å². The quantitative estimate of drug-likeness (QED) is 0.712. The normalized spacial score (nSPS) is 11.4. The molecule has 1 aromatic carbocycles. The van der Waals surface area contributed by atoms with E-state index in [0.717, 1.165) is 23.9 Å². The Balaban J connectivity index is 2.35. The van der Waals surface area contributed by atoms with Crippen LogP contribution in [-0.4, -0.2) is 23.6 Å². The summed E-state index contributed by atoms with van der Waals surface area (Å²) < 4.78 is 44.5. The lowest BCUT2D eigenvalue weighted by molar-refractivity contribution is -0.139. The third-order valence-corrected chi connectivity index (χ3v) is 3.47. The smallest absolute Gasteiger partial charge is 0.423 e. The van der Waals surface area contributed by atoms with E-state index in [2.05, 4.69) is 9.97 Å². The summed E-state index contributed by atoms with van der Waals surface area (Å²) in [4.78, 5) is 9.47. The van der Waals surface area contributed by atoms with E-state index in [0.29, 0.717) is 6.42 Å². The molecule has 0 saturated heterocycles. The predicted molar refractivity (Wildman–Crippen MR) is 86.7 cm³/mol. The van der Waals surface area contributed by atoms with Gasteiger partial charge in [-0.1, -0.05) is 25.5 Å². The fraction of sp³-hybridized carbons (Fsp3) is 0.412. The molecular weight excluding hydrogens is 319 g/mol. The van der Waals surface area contributed by atoms with Gasteiger partial charge in [0.2, 0.25) is 11.8 Å². The molecule has 0 saturated carbocycles. The van der Waals surface area contributed by atoms with Crippen molar-refractivity contribution in [2.24, 2.45) is 0 Å². The molecule has 0 atom stereocenters. The van der Waals surface area contributed by atoms with E-state index in [4.69, 9.17) is 4.74 Å². The lowest BCUT2D eigenvalue weighted by Gasteiger charge is -2.20. The third-order valence-electron chi connectivity index (χ3n) is 3.47.